The highest BCUT2D eigenvalue weighted by Crippen LogP contribution is 2.32. The second kappa shape index (κ2) is 11.1. The second-order valence-electron chi connectivity index (χ2n) is 7.53. The molecule has 1 aliphatic heterocycles. The minimum Gasteiger partial charge on any atom is -1.00 e. The number of benzene rings is 2. The number of nitrogens with zero attached hydrogens (tertiary/aromatic N) is 1. The average Bonchev–Trinajstić information content (AvgIpc) is 3.14. The van der Waals surface area contributed by atoms with Crippen molar-refractivity contribution in [2.24, 2.45) is 7.05 Å². The Kier molecular flexibility index (Phi) is 8.67. The van der Waals surface area contributed by atoms with E-state index in [-0.39, 0.29) is 24.0 Å². The first-order valence-electron chi connectivity index (χ1n) is 10.1. The largest absolute Gasteiger partial charge is 1.00 e. The third kappa shape index (κ3) is 5.32. The molecule has 0 saturated carbocycles. The SMILES string of the molecule is COc1cc(C=Cc2sc3ccccc3[n+]2C)ccc1O[C@@H]1O[C@H](CO)[C@@H](O)[C@H](O)[C@H]1O.[I-]. The Balaban J connectivity index is 0.00000306. The van der Waals surface area contributed by atoms with Gasteiger partial charge in [-0.15, -0.1) is 0 Å². The fourth-order valence-electron chi connectivity index (χ4n) is 3.61. The summed E-state index contributed by atoms with van der Waals surface area (Å²) in [6.45, 7) is -0.527. The molecule has 4 rings (SSSR count). The minimum atomic E-state index is -1.51. The second-order valence-corrected chi connectivity index (χ2v) is 8.59. The fraction of sp³-hybridized carbons (Fsp3) is 0.348. The molecule has 1 fully saturated rings. The molecule has 0 unspecified atom stereocenters. The van der Waals surface area contributed by atoms with Gasteiger partial charge in [0.2, 0.25) is 11.8 Å². The first-order chi connectivity index (χ1) is 15.4. The van der Waals surface area contributed by atoms with Crippen molar-refractivity contribution < 1.29 is 63.2 Å². The lowest BCUT2D eigenvalue weighted by atomic mass is 9.99. The Labute approximate surface area is 212 Å². The molecule has 1 aromatic heterocycles. The molecule has 0 spiro atoms. The van der Waals surface area contributed by atoms with Crippen molar-refractivity contribution in [1.29, 1.82) is 0 Å². The summed E-state index contributed by atoms with van der Waals surface area (Å²) >= 11 is 1.69. The number of halogens is 1. The minimum absolute atomic E-state index is 0. The molecule has 5 atom stereocenters. The summed E-state index contributed by atoms with van der Waals surface area (Å²) in [5.41, 5.74) is 2.04. The van der Waals surface area contributed by atoms with Gasteiger partial charge in [-0.25, -0.2) is 0 Å². The van der Waals surface area contributed by atoms with Gasteiger partial charge in [-0.3, -0.25) is 0 Å². The van der Waals surface area contributed by atoms with Gasteiger partial charge in [-0.05, 0) is 29.8 Å². The van der Waals surface area contributed by atoms with Gasteiger partial charge in [-0.1, -0.05) is 29.5 Å². The van der Waals surface area contributed by atoms with E-state index in [1.807, 2.05) is 37.4 Å². The highest BCUT2D eigenvalue weighted by Gasteiger charge is 2.44. The Hall–Kier alpha value is -1.80. The van der Waals surface area contributed by atoms with Crippen LogP contribution in [-0.2, 0) is 11.8 Å². The van der Waals surface area contributed by atoms with Crippen LogP contribution in [0.2, 0.25) is 0 Å². The molecular formula is C23H26INO7S. The van der Waals surface area contributed by atoms with Crippen LogP contribution in [0.5, 0.6) is 11.5 Å². The van der Waals surface area contributed by atoms with Crippen molar-refractivity contribution in [2.45, 2.75) is 30.7 Å². The lowest BCUT2D eigenvalue weighted by Gasteiger charge is -2.39. The Morgan fingerprint density at radius 1 is 1.03 bits per heavy atom. The summed E-state index contributed by atoms with van der Waals surface area (Å²) in [7, 11) is 3.52. The Morgan fingerprint density at radius 3 is 2.48 bits per heavy atom. The standard InChI is InChI=1S/C23H26NO7S.HI/c1-24-14-5-3-4-6-18(14)32-19(24)10-8-13-7-9-15(16(11-13)29-2)30-23-22(28)21(27)20(26)17(12-25)31-23;/h3-11,17,20-23,25-28H,12H2,1-2H3;1H/q+1;/p-1/t17-,20-,21+,22-,23-;/m1./s1. The van der Waals surface area contributed by atoms with Crippen molar-refractivity contribution in [3.8, 4) is 11.5 Å². The van der Waals surface area contributed by atoms with Crippen molar-refractivity contribution in [1.82, 2.24) is 0 Å². The van der Waals surface area contributed by atoms with E-state index in [1.54, 1.807) is 23.5 Å². The van der Waals surface area contributed by atoms with Crippen LogP contribution in [0.4, 0.5) is 0 Å². The predicted octanol–water partition coefficient (Wildman–Crippen LogP) is -1.91. The molecule has 3 aromatic rings. The molecule has 0 amide bonds. The van der Waals surface area contributed by atoms with Crippen LogP contribution in [0.3, 0.4) is 0 Å². The van der Waals surface area contributed by atoms with E-state index in [1.165, 1.54) is 11.8 Å². The zero-order valence-electron chi connectivity index (χ0n) is 18.0. The van der Waals surface area contributed by atoms with Gasteiger partial charge in [0.05, 0.1) is 13.7 Å². The van der Waals surface area contributed by atoms with Gasteiger partial charge in [0, 0.05) is 12.1 Å². The number of hydrogen-bond acceptors (Lipinski definition) is 8. The normalized spacial score (nSPS) is 25.2. The number of ether oxygens (including phenoxy) is 3. The molecule has 178 valence electrons. The van der Waals surface area contributed by atoms with E-state index in [4.69, 9.17) is 14.2 Å². The number of aliphatic hydroxyl groups excluding tert-OH is 4. The highest BCUT2D eigenvalue weighted by atomic mass is 127. The number of rotatable bonds is 6. The van der Waals surface area contributed by atoms with Gasteiger partial charge >= 0.3 is 0 Å². The third-order valence-corrected chi connectivity index (χ3v) is 6.65. The van der Waals surface area contributed by atoms with Gasteiger partial charge in [0.25, 0.3) is 5.01 Å². The molecule has 2 aromatic carbocycles. The maximum Gasteiger partial charge on any atom is 0.262 e. The zero-order chi connectivity index (χ0) is 22.8. The van der Waals surface area contributed by atoms with Gasteiger partial charge < -0.3 is 58.6 Å². The first-order valence-corrected chi connectivity index (χ1v) is 11.0. The van der Waals surface area contributed by atoms with E-state index in [2.05, 4.69) is 16.7 Å². The molecule has 2 heterocycles. The third-order valence-electron chi connectivity index (χ3n) is 5.47. The summed E-state index contributed by atoms with van der Waals surface area (Å²) in [5, 5.41) is 40.5. The highest BCUT2D eigenvalue weighted by molar-refractivity contribution is 7.18. The molecule has 1 saturated heterocycles. The number of thiazole rings is 1. The van der Waals surface area contributed by atoms with Crippen molar-refractivity contribution in [3.05, 3.63) is 53.0 Å². The maximum absolute atomic E-state index is 10.2. The Morgan fingerprint density at radius 2 is 1.79 bits per heavy atom. The van der Waals surface area contributed by atoms with Gasteiger partial charge in [-0.2, -0.15) is 4.57 Å². The van der Waals surface area contributed by atoms with Crippen molar-refractivity contribution >= 4 is 33.7 Å². The molecule has 0 bridgehead atoms. The van der Waals surface area contributed by atoms with E-state index in [9.17, 15) is 20.4 Å². The zero-order valence-corrected chi connectivity index (χ0v) is 21.0. The Bertz CT molecular complexity index is 1120. The van der Waals surface area contributed by atoms with E-state index >= 15 is 0 Å². The predicted molar refractivity (Wildman–Crippen MR) is 119 cm³/mol. The number of fused-ring (bicyclic) bond motifs is 1. The summed E-state index contributed by atoms with van der Waals surface area (Å²) in [4.78, 5) is 0. The number of aliphatic hydroxyl groups is 4. The summed E-state index contributed by atoms with van der Waals surface area (Å²) in [5.74, 6) is 0.700. The summed E-state index contributed by atoms with van der Waals surface area (Å²) < 4.78 is 19.9. The smallest absolute Gasteiger partial charge is 0.262 e. The summed E-state index contributed by atoms with van der Waals surface area (Å²) in [6, 6.07) is 13.5. The molecule has 0 aliphatic carbocycles. The molecule has 33 heavy (non-hydrogen) atoms. The fourth-order valence-corrected chi connectivity index (χ4v) is 4.66. The molecule has 4 N–H and O–H groups in total. The number of methoxy groups -OCH3 is 1. The average molecular weight is 587 g/mol. The van der Waals surface area contributed by atoms with Crippen LogP contribution >= 0.6 is 11.3 Å². The van der Waals surface area contributed by atoms with Crippen LogP contribution in [0, 0.1) is 0 Å². The molecule has 10 heteroatoms. The maximum atomic E-state index is 10.2. The molecule has 8 nitrogen and oxygen atoms in total. The van der Waals surface area contributed by atoms with Crippen LogP contribution in [0.15, 0.2) is 42.5 Å². The van der Waals surface area contributed by atoms with Crippen molar-refractivity contribution in [3.63, 3.8) is 0 Å². The quantitative estimate of drug-likeness (QED) is 0.197. The number of para-hydroxylation sites is 1. The van der Waals surface area contributed by atoms with Crippen molar-refractivity contribution in [2.75, 3.05) is 13.7 Å². The molecular weight excluding hydrogens is 561 g/mol. The monoisotopic (exact) mass is 587 g/mol. The van der Waals surface area contributed by atoms with Crippen LogP contribution in [0.25, 0.3) is 22.4 Å². The van der Waals surface area contributed by atoms with Gasteiger partial charge in [0.15, 0.2) is 11.5 Å². The first kappa shape index (κ1) is 25.8. The lowest BCUT2D eigenvalue weighted by molar-refractivity contribution is -0.642. The number of aromatic nitrogens is 1. The van der Waals surface area contributed by atoms with E-state index < -0.39 is 37.3 Å². The topological polar surface area (TPSA) is 112 Å². The van der Waals surface area contributed by atoms with Gasteiger partial charge in [0.1, 0.15) is 36.2 Å². The van der Waals surface area contributed by atoms with Crippen LogP contribution < -0.4 is 38.0 Å². The van der Waals surface area contributed by atoms with E-state index in [0.717, 1.165) is 16.1 Å². The summed E-state index contributed by atoms with van der Waals surface area (Å²) in [6.07, 6.45) is -2.79. The number of aryl methyl sites for hydroxylation is 1. The van der Waals surface area contributed by atoms with Crippen LogP contribution in [-0.4, -0.2) is 64.8 Å². The number of hydrogen-bond donors (Lipinski definition) is 4. The molecule has 0 radical (unpaired) electrons. The lowest BCUT2D eigenvalue weighted by Crippen LogP contribution is -3.00. The van der Waals surface area contributed by atoms with E-state index in [0.29, 0.717) is 11.5 Å². The van der Waals surface area contributed by atoms with Crippen LogP contribution in [0.1, 0.15) is 10.6 Å². The molecule has 1 aliphatic rings.